The second-order valence-corrected chi connectivity index (χ2v) is 4.83. The van der Waals surface area contributed by atoms with Crippen molar-refractivity contribution in [3.8, 4) is 11.5 Å². The monoisotopic (exact) mass is 302 g/mol. The van der Waals surface area contributed by atoms with Gasteiger partial charge in [0.25, 0.3) is 0 Å². The number of para-hydroxylation sites is 1. The molecular weight excluding hydrogens is 283 g/mol. The van der Waals surface area contributed by atoms with Gasteiger partial charge in [-0.3, -0.25) is 4.79 Å². The molecular formula is C18H19FO3. The van der Waals surface area contributed by atoms with E-state index in [0.29, 0.717) is 29.9 Å². The predicted octanol–water partition coefficient (Wildman–Crippen LogP) is 4.28. The third-order valence-corrected chi connectivity index (χ3v) is 3.28. The lowest BCUT2D eigenvalue weighted by atomic mass is 10.1. The number of hydrogen-bond acceptors (Lipinski definition) is 3. The lowest BCUT2D eigenvalue weighted by Gasteiger charge is -2.11. The SMILES string of the molecule is CCC(=O)Oc1ccccc1COc1ccc(CC)c(F)c1. The Labute approximate surface area is 129 Å². The van der Waals surface area contributed by atoms with Gasteiger partial charge >= 0.3 is 5.97 Å². The van der Waals surface area contributed by atoms with E-state index in [1.165, 1.54) is 6.07 Å². The third-order valence-electron chi connectivity index (χ3n) is 3.28. The molecule has 0 heterocycles. The van der Waals surface area contributed by atoms with Crippen LogP contribution in [0, 0.1) is 5.82 Å². The maximum atomic E-state index is 13.7. The third kappa shape index (κ3) is 4.07. The molecule has 0 spiro atoms. The quantitative estimate of drug-likeness (QED) is 0.590. The summed E-state index contributed by atoms with van der Waals surface area (Å²) in [6.45, 7) is 3.84. The fourth-order valence-corrected chi connectivity index (χ4v) is 1.98. The molecule has 0 bridgehead atoms. The lowest BCUT2D eigenvalue weighted by Crippen LogP contribution is -2.08. The first kappa shape index (κ1) is 16.0. The molecule has 0 aliphatic carbocycles. The molecule has 0 fully saturated rings. The molecule has 0 amide bonds. The fourth-order valence-electron chi connectivity index (χ4n) is 1.98. The minimum Gasteiger partial charge on any atom is -0.489 e. The Balaban J connectivity index is 2.08. The largest absolute Gasteiger partial charge is 0.489 e. The number of carbonyl (C=O) groups is 1. The van der Waals surface area contributed by atoms with Crippen LogP contribution in [0.2, 0.25) is 0 Å². The summed E-state index contributed by atoms with van der Waals surface area (Å²) in [6.07, 6.45) is 0.945. The van der Waals surface area contributed by atoms with Gasteiger partial charge in [0.1, 0.15) is 23.9 Å². The molecule has 0 unspecified atom stereocenters. The summed E-state index contributed by atoms with van der Waals surface area (Å²) in [5.74, 6) is 0.350. The van der Waals surface area contributed by atoms with Crippen LogP contribution >= 0.6 is 0 Å². The van der Waals surface area contributed by atoms with E-state index in [4.69, 9.17) is 9.47 Å². The topological polar surface area (TPSA) is 35.5 Å². The highest BCUT2D eigenvalue weighted by Crippen LogP contribution is 2.22. The van der Waals surface area contributed by atoms with Crippen LogP contribution in [0.5, 0.6) is 11.5 Å². The van der Waals surface area contributed by atoms with Crippen molar-refractivity contribution in [1.82, 2.24) is 0 Å². The van der Waals surface area contributed by atoms with Gasteiger partial charge in [-0.05, 0) is 24.1 Å². The van der Waals surface area contributed by atoms with Gasteiger partial charge in [-0.1, -0.05) is 38.1 Å². The van der Waals surface area contributed by atoms with Crippen LogP contribution in [-0.4, -0.2) is 5.97 Å². The highest BCUT2D eigenvalue weighted by molar-refractivity contribution is 5.72. The van der Waals surface area contributed by atoms with E-state index in [0.717, 1.165) is 5.56 Å². The Morgan fingerprint density at radius 2 is 1.86 bits per heavy atom. The van der Waals surface area contributed by atoms with Crippen molar-refractivity contribution in [3.63, 3.8) is 0 Å². The molecule has 2 aromatic rings. The number of ether oxygens (including phenoxy) is 2. The molecule has 0 saturated carbocycles. The van der Waals surface area contributed by atoms with Crippen molar-refractivity contribution in [2.45, 2.75) is 33.3 Å². The van der Waals surface area contributed by atoms with Crippen molar-refractivity contribution < 1.29 is 18.7 Å². The first-order valence-electron chi connectivity index (χ1n) is 7.33. The van der Waals surface area contributed by atoms with Crippen molar-refractivity contribution in [2.24, 2.45) is 0 Å². The van der Waals surface area contributed by atoms with Gasteiger partial charge in [-0.15, -0.1) is 0 Å². The van der Waals surface area contributed by atoms with Crippen molar-refractivity contribution >= 4 is 5.97 Å². The number of benzene rings is 2. The molecule has 22 heavy (non-hydrogen) atoms. The fraction of sp³-hybridized carbons (Fsp3) is 0.278. The highest BCUT2D eigenvalue weighted by atomic mass is 19.1. The number of esters is 1. The highest BCUT2D eigenvalue weighted by Gasteiger charge is 2.09. The number of aryl methyl sites for hydroxylation is 1. The van der Waals surface area contributed by atoms with Crippen molar-refractivity contribution in [3.05, 3.63) is 59.4 Å². The molecule has 2 aromatic carbocycles. The van der Waals surface area contributed by atoms with E-state index in [-0.39, 0.29) is 18.4 Å². The average molecular weight is 302 g/mol. The van der Waals surface area contributed by atoms with E-state index in [2.05, 4.69) is 0 Å². The Morgan fingerprint density at radius 3 is 2.55 bits per heavy atom. The Morgan fingerprint density at radius 1 is 1.09 bits per heavy atom. The maximum Gasteiger partial charge on any atom is 0.310 e. The lowest BCUT2D eigenvalue weighted by molar-refractivity contribution is -0.134. The molecule has 4 heteroatoms. The summed E-state index contributed by atoms with van der Waals surface area (Å²) in [7, 11) is 0. The predicted molar refractivity (Wildman–Crippen MR) is 82.5 cm³/mol. The number of rotatable bonds is 6. The second kappa shape index (κ2) is 7.59. The molecule has 0 radical (unpaired) electrons. The smallest absolute Gasteiger partial charge is 0.310 e. The van der Waals surface area contributed by atoms with Gasteiger partial charge < -0.3 is 9.47 Å². The molecule has 0 aromatic heterocycles. The Kier molecular flexibility index (Phi) is 5.53. The van der Waals surface area contributed by atoms with Crippen molar-refractivity contribution in [2.75, 3.05) is 0 Å². The van der Waals surface area contributed by atoms with Crippen LogP contribution in [0.15, 0.2) is 42.5 Å². The minimum absolute atomic E-state index is 0.206. The summed E-state index contributed by atoms with van der Waals surface area (Å²) in [4.78, 5) is 11.4. The van der Waals surface area contributed by atoms with Gasteiger partial charge in [0.15, 0.2) is 0 Å². The minimum atomic E-state index is -0.300. The second-order valence-electron chi connectivity index (χ2n) is 4.83. The van der Waals surface area contributed by atoms with Crippen LogP contribution in [0.3, 0.4) is 0 Å². The van der Waals surface area contributed by atoms with Crippen LogP contribution in [0.25, 0.3) is 0 Å². The molecule has 0 N–H and O–H groups in total. The molecule has 0 saturated heterocycles. The Bertz CT molecular complexity index is 653. The number of hydrogen-bond donors (Lipinski definition) is 0. The standard InChI is InChI=1S/C18H19FO3/c1-3-13-9-10-15(11-16(13)19)21-12-14-7-5-6-8-17(14)22-18(20)4-2/h5-11H,3-4,12H2,1-2H3. The molecule has 0 atom stereocenters. The summed E-state index contributed by atoms with van der Waals surface area (Å²) >= 11 is 0. The summed E-state index contributed by atoms with van der Waals surface area (Å²) in [6, 6.07) is 12.0. The van der Waals surface area contributed by atoms with Gasteiger partial charge in [0.05, 0.1) is 0 Å². The zero-order valence-electron chi connectivity index (χ0n) is 12.8. The van der Waals surface area contributed by atoms with Crippen LogP contribution in [-0.2, 0) is 17.8 Å². The molecule has 116 valence electrons. The number of carbonyl (C=O) groups excluding carboxylic acids is 1. The van der Waals surface area contributed by atoms with Crippen molar-refractivity contribution in [1.29, 1.82) is 0 Å². The van der Waals surface area contributed by atoms with E-state index in [1.54, 1.807) is 31.2 Å². The molecule has 0 aliphatic heterocycles. The number of halogens is 1. The molecule has 3 nitrogen and oxygen atoms in total. The van der Waals surface area contributed by atoms with Gasteiger partial charge in [-0.2, -0.15) is 0 Å². The van der Waals surface area contributed by atoms with Crippen LogP contribution in [0.1, 0.15) is 31.4 Å². The molecule has 2 rings (SSSR count). The van der Waals surface area contributed by atoms with E-state index < -0.39 is 0 Å². The normalized spacial score (nSPS) is 10.3. The maximum absolute atomic E-state index is 13.7. The van der Waals surface area contributed by atoms with Crippen LogP contribution in [0.4, 0.5) is 4.39 Å². The summed E-state index contributed by atoms with van der Waals surface area (Å²) < 4.78 is 24.6. The van der Waals surface area contributed by atoms with Gasteiger partial charge in [0.2, 0.25) is 0 Å². The van der Waals surface area contributed by atoms with E-state index in [1.807, 2.05) is 19.1 Å². The molecule has 0 aliphatic rings. The Hall–Kier alpha value is -2.36. The first-order valence-corrected chi connectivity index (χ1v) is 7.33. The summed E-state index contributed by atoms with van der Waals surface area (Å²) in [5, 5.41) is 0. The van der Waals surface area contributed by atoms with Crippen LogP contribution < -0.4 is 9.47 Å². The summed E-state index contributed by atoms with van der Waals surface area (Å²) in [5.41, 5.74) is 1.40. The zero-order valence-corrected chi connectivity index (χ0v) is 12.8. The first-order chi connectivity index (χ1) is 10.6. The van der Waals surface area contributed by atoms with Gasteiger partial charge in [0, 0.05) is 18.1 Å². The average Bonchev–Trinajstić information content (AvgIpc) is 2.54. The van der Waals surface area contributed by atoms with E-state index in [9.17, 15) is 9.18 Å². The zero-order chi connectivity index (χ0) is 15.9. The van der Waals surface area contributed by atoms with Gasteiger partial charge in [-0.25, -0.2) is 4.39 Å². The van der Waals surface area contributed by atoms with E-state index >= 15 is 0 Å².